The molecule has 1 aliphatic rings. The van der Waals surface area contributed by atoms with E-state index in [-0.39, 0.29) is 5.92 Å². The Balaban J connectivity index is 1.95. The van der Waals surface area contributed by atoms with Crippen LogP contribution in [0.1, 0.15) is 35.3 Å². The Hall–Kier alpha value is -1.09. The molecule has 1 N–H and O–H groups in total. The molecular formula is C15H13Cl2NO. The summed E-state index contributed by atoms with van der Waals surface area (Å²) < 4.78 is 0. The number of aromatic nitrogens is 1. The van der Waals surface area contributed by atoms with Gasteiger partial charge >= 0.3 is 0 Å². The third-order valence-electron chi connectivity index (χ3n) is 3.61. The first-order valence-electron chi connectivity index (χ1n) is 6.23. The topological polar surface area (TPSA) is 33.1 Å². The first-order valence-corrected chi connectivity index (χ1v) is 6.98. The van der Waals surface area contributed by atoms with Gasteiger partial charge in [0.05, 0.1) is 6.10 Å². The van der Waals surface area contributed by atoms with Crippen LogP contribution in [0.25, 0.3) is 0 Å². The van der Waals surface area contributed by atoms with E-state index in [0.29, 0.717) is 10.0 Å². The SMILES string of the molecule is OC(c1cc(Cl)cc(Cl)c1)C1CCc2cccnc21. The summed E-state index contributed by atoms with van der Waals surface area (Å²) in [6, 6.07) is 9.20. The highest BCUT2D eigenvalue weighted by Crippen LogP contribution is 2.41. The van der Waals surface area contributed by atoms with Gasteiger partial charge in [-0.2, -0.15) is 0 Å². The smallest absolute Gasteiger partial charge is 0.0874 e. The highest BCUT2D eigenvalue weighted by Gasteiger charge is 2.30. The highest BCUT2D eigenvalue weighted by molar-refractivity contribution is 6.34. The molecule has 3 rings (SSSR count). The third-order valence-corrected chi connectivity index (χ3v) is 4.05. The molecule has 0 spiro atoms. The average Bonchev–Trinajstić information content (AvgIpc) is 2.80. The van der Waals surface area contributed by atoms with E-state index in [2.05, 4.69) is 11.1 Å². The van der Waals surface area contributed by atoms with Crippen molar-refractivity contribution in [2.24, 2.45) is 0 Å². The molecule has 0 saturated carbocycles. The molecule has 0 aliphatic heterocycles. The predicted molar refractivity (Wildman–Crippen MR) is 76.7 cm³/mol. The zero-order chi connectivity index (χ0) is 13.4. The van der Waals surface area contributed by atoms with Crippen LogP contribution in [-0.4, -0.2) is 10.1 Å². The van der Waals surface area contributed by atoms with E-state index in [0.717, 1.165) is 24.1 Å². The summed E-state index contributed by atoms with van der Waals surface area (Å²) in [6.07, 6.45) is 3.01. The quantitative estimate of drug-likeness (QED) is 0.902. The van der Waals surface area contributed by atoms with Crippen molar-refractivity contribution in [3.8, 4) is 0 Å². The molecule has 0 fully saturated rings. The maximum absolute atomic E-state index is 10.6. The van der Waals surface area contributed by atoms with Crippen molar-refractivity contribution in [2.75, 3.05) is 0 Å². The van der Waals surface area contributed by atoms with Crippen LogP contribution in [0.4, 0.5) is 0 Å². The number of aliphatic hydroxyl groups is 1. The van der Waals surface area contributed by atoms with Gasteiger partial charge in [0.1, 0.15) is 0 Å². The van der Waals surface area contributed by atoms with Gasteiger partial charge in [-0.15, -0.1) is 0 Å². The molecule has 0 bridgehead atoms. The van der Waals surface area contributed by atoms with Gasteiger partial charge in [0.2, 0.25) is 0 Å². The van der Waals surface area contributed by atoms with Crippen molar-refractivity contribution in [3.05, 3.63) is 63.4 Å². The van der Waals surface area contributed by atoms with Gasteiger partial charge in [0, 0.05) is 27.9 Å². The predicted octanol–water partition coefficient (Wildman–Crippen LogP) is 4.15. The maximum Gasteiger partial charge on any atom is 0.0874 e. The average molecular weight is 294 g/mol. The fourth-order valence-corrected chi connectivity index (χ4v) is 3.27. The van der Waals surface area contributed by atoms with Crippen molar-refractivity contribution in [2.45, 2.75) is 24.9 Å². The lowest BCUT2D eigenvalue weighted by Gasteiger charge is -2.19. The molecule has 2 unspecified atom stereocenters. The number of pyridine rings is 1. The molecule has 2 nitrogen and oxygen atoms in total. The second-order valence-corrected chi connectivity index (χ2v) is 5.71. The zero-order valence-electron chi connectivity index (χ0n) is 10.2. The first kappa shape index (κ1) is 12.9. The number of halogens is 2. The minimum absolute atomic E-state index is 0.0192. The molecule has 1 aliphatic carbocycles. The normalized spacial score (nSPS) is 19.2. The lowest BCUT2D eigenvalue weighted by atomic mass is 9.93. The summed E-state index contributed by atoms with van der Waals surface area (Å²) in [6.45, 7) is 0. The minimum atomic E-state index is -0.618. The summed E-state index contributed by atoms with van der Waals surface area (Å²) >= 11 is 12.0. The maximum atomic E-state index is 10.6. The molecule has 2 atom stereocenters. The Labute approximate surface area is 122 Å². The Morgan fingerprint density at radius 2 is 1.95 bits per heavy atom. The van der Waals surface area contributed by atoms with Gasteiger partial charge in [0.15, 0.2) is 0 Å². The number of aliphatic hydroxyl groups excluding tert-OH is 1. The van der Waals surface area contributed by atoms with Crippen LogP contribution in [0, 0.1) is 0 Å². The Kier molecular flexibility index (Phi) is 3.48. The van der Waals surface area contributed by atoms with Gasteiger partial charge in [-0.05, 0) is 48.2 Å². The van der Waals surface area contributed by atoms with Gasteiger partial charge in [0.25, 0.3) is 0 Å². The van der Waals surface area contributed by atoms with E-state index >= 15 is 0 Å². The first-order chi connectivity index (χ1) is 9.15. The van der Waals surface area contributed by atoms with Crippen molar-refractivity contribution in [1.82, 2.24) is 4.98 Å². The van der Waals surface area contributed by atoms with Crippen molar-refractivity contribution in [3.63, 3.8) is 0 Å². The van der Waals surface area contributed by atoms with E-state index in [1.54, 1.807) is 24.4 Å². The minimum Gasteiger partial charge on any atom is -0.388 e. The number of rotatable bonds is 2. The Morgan fingerprint density at radius 3 is 2.68 bits per heavy atom. The summed E-state index contributed by atoms with van der Waals surface area (Å²) in [5, 5.41) is 11.6. The summed E-state index contributed by atoms with van der Waals surface area (Å²) in [7, 11) is 0. The van der Waals surface area contributed by atoms with Crippen LogP contribution in [0.15, 0.2) is 36.5 Å². The second kappa shape index (κ2) is 5.12. The molecule has 2 aromatic rings. The van der Waals surface area contributed by atoms with Gasteiger partial charge in [-0.25, -0.2) is 0 Å². The molecule has 1 aromatic carbocycles. The number of fused-ring (bicyclic) bond motifs is 1. The number of hydrogen-bond donors (Lipinski definition) is 1. The molecule has 0 saturated heterocycles. The molecule has 1 aromatic heterocycles. The van der Waals surface area contributed by atoms with E-state index < -0.39 is 6.10 Å². The molecule has 19 heavy (non-hydrogen) atoms. The lowest BCUT2D eigenvalue weighted by Crippen LogP contribution is -2.09. The van der Waals surface area contributed by atoms with E-state index in [4.69, 9.17) is 23.2 Å². The molecule has 4 heteroatoms. The number of hydrogen-bond acceptors (Lipinski definition) is 2. The monoisotopic (exact) mass is 293 g/mol. The molecule has 98 valence electrons. The number of benzene rings is 1. The lowest BCUT2D eigenvalue weighted by molar-refractivity contribution is 0.143. The Morgan fingerprint density at radius 1 is 1.21 bits per heavy atom. The Bertz CT molecular complexity index is 595. The second-order valence-electron chi connectivity index (χ2n) is 4.84. The third kappa shape index (κ3) is 2.48. The molecule has 0 radical (unpaired) electrons. The van der Waals surface area contributed by atoms with Crippen molar-refractivity contribution in [1.29, 1.82) is 0 Å². The van der Waals surface area contributed by atoms with Gasteiger partial charge in [-0.3, -0.25) is 4.98 Å². The van der Waals surface area contributed by atoms with Crippen LogP contribution in [0.5, 0.6) is 0 Å². The van der Waals surface area contributed by atoms with Crippen LogP contribution < -0.4 is 0 Å². The van der Waals surface area contributed by atoms with Crippen LogP contribution in [-0.2, 0) is 6.42 Å². The van der Waals surface area contributed by atoms with Crippen LogP contribution in [0.2, 0.25) is 10.0 Å². The van der Waals surface area contributed by atoms with E-state index in [1.165, 1.54) is 5.56 Å². The molecule has 1 heterocycles. The number of aryl methyl sites for hydroxylation is 1. The fraction of sp³-hybridized carbons (Fsp3) is 0.267. The van der Waals surface area contributed by atoms with Crippen LogP contribution >= 0.6 is 23.2 Å². The summed E-state index contributed by atoms with van der Waals surface area (Å²) in [5.41, 5.74) is 2.96. The summed E-state index contributed by atoms with van der Waals surface area (Å²) in [5.74, 6) is 0.0192. The molecular weight excluding hydrogens is 281 g/mol. The number of nitrogens with zero attached hydrogens (tertiary/aromatic N) is 1. The largest absolute Gasteiger partial charge is 0.388 e. The summed E-state index contributed by atoms with van der Waals surface area (Å²) in [4.78, 5) is 4.41. The zero-order valence-corrected chi connectivity index (χ0v) is 11.7. The van der Waals surface area contributed by atoms with E-state index in [1.807, 2.05) is 6.07 Å². The van der Waals surface area contributed by atoms with Gasteiger partial charge in [-0.1, -0.05) is 29.3 Å². The van der Waals surface area contributed by atoms with Crippen LogP contribution in [0.3, 0.4) is 0 Å². The van der Waals surface area contributed by atoms with Crippen molar-refractivity contribution < 1.29 is 5.11 Å². The standard InChI is InChI=1S/C15H13Cl2NO/c16-11-6-10(7-12(17)8-11)15(19)13-4-3-9-2-1-5-18-14(9)13/h1-2,5-8,13,15,19H,3-4H2. The highest BCUT2D eigenvalue weighted by atomic mass is 35.5. The van der Waals surface area contributed by atoms with Crippen molar-refractivity contribution >= 4 is 23.2 Å². The molecule has 0 amide bonds. The van der Waals surface area contributed by atoms with E-state index in [9.17, 15) is 5.11 Å². The van der Waals surface area contributed by atoms with Gasteiger partial charge < -0.3 is 5.11 Å². The fourth-order valence-electron chi connectivity index (χ4n) is 2.73.